The van der Waals surface area contributed by atoms with Crippen LogP contribution in [-0.4, -0.2) is 70.7 Å². The lowest BCUT2D eigenvalue weighted by molar-refractivity contribution is -0.143. The van der Waals surface area contributed by atoms with Crippen molar-refractivity contribution in [2.45, 2.75) is 152 Å². The molecule has 0 radical (unpaired) electrons. The molecule has 8 rings (SSSR count). The number of piperidine rings is 1. The van der Waals surface area contributed by atoms with Crippen molar-refractivity contribution in [2.75, 3.05) is 19.6 Å². The highest BCUT2D eigenvalue weighted by molar-refractivity contribution is 5.77. The van der Waals surface area contributed by atoms with E-state index in [1.54, 1.807) is 0 Å². The topological polar surface area (TPSA) is 79.3 Å². The molecule has 7 heteroatoms. The van der Waals surface area contributed by atoms with Gasteiger partial charge in [0.15, 0.2) is 11.5 Å². The Labute approximate surface area is 335 Å². The minimum atomic E-state index is -0.338. The largest absolute Gasteiger partial charge is 0.483 e. The van der Waals surface area contributed by atoms with Crippen molar-refractivity contribution in [1.29, 1.82) is 0 Å². The summed E-state index contributed by atoms with van der Waals surface area (Å²) in [7, 11) is 0. The maximum atomic E-state index is 14.5. The summed E-state index contributed by atoms with van der Waals surface area (Å²) in [6, 6.07) is 26.0. The lowest BCUT2D eigenvalue weighted by atomic mass is 9.51. The summed E-state index contributed by atoms with van der Waals surface area (Å²) in [4.78, 5) is 31.8. The number of nitrogens with zero attached hydrogens (tertiary/aromatic N) is 2. The van der Waals surface area contributed by atoms with Crippen LogP contribution in [0.3, 0.4) is 0 Å². The molecule has 5 aliphatic rings. The average molecular weight is 761 g/mol. The first-order valence-corrected chi connectivity index (χ1v) is 22.2. The molecule has 2 bridgehead atoms. The zero-order chi connectivity index (χ0) is 38.5. The first kappa shape index (κ1) is 39.2. The van der Waals surface area contributed by atoms with Crippen LogP contribution in [0.25, 0.3) is 0 Å². The number of aryl methyl sites for hydroxylation is 2. The molecule has 0 aromatic heterocycles. The van der Waals surface area contributed by atoms with Crippen LogP contribution in [0.2, 0.25) is 0 Å². The molecule has 1 N–H and O–H groups in total. The van der Waals surface area contributed by atoms with Crippen LogP contribution in [0, 0.1) is 11.8 Å². The number of aliphatic hydroxyl groups excluding tert-OH is 1. The molecule has 3 aromatic rings. The standard InChI is InChI=1S/C49H64N2O5/c1-35(52)55-44-28-25-38-32-42-40-26-27-41(48-49(40,46(38)47(44)56-48)29-31-50(42)34-39-33-43(39)53)51(30-17-16-23-37-21-13-9-14-22-37)45(54)24-15-7-5-3-2-4-6-10-18-36-19-11-8-12-20-36/h8-9,11-14,19-22,25,28,39-43,48,53H,2-7,10,15-18,23-24,26-27,29-34H2,1H3/t39?,40-,41+,42+,43?,48-,49-/m0/s1. The molecule has 300 valence electrons. The van der Waals surface area contributed by atoms with E-state index >= 15 is 0 Å². The Morgan fingerprint density at radius 1 is 0.839 bits per heavy atom. The van der Waals surface area contributed by atoms with E-state index in [9.17, 15) is 14.7 Å². The summed E-state index contributed by atoms with van der Waals surface area (Å²) in [6.07, 6.45) is 18.8. The summed E-state index contributed by atoms with van der Waals surface area (Å²) >= 11 is 0. The molecule has 2 heterocycles. The lowest BCUT2D eigenvalue weighted by Gasteiger charge is -2.60. The number of rotatable bonds is 20. The van der Waals surface area contributed by atoms with Crippen molar-refractivity contribution in [3.63, 3.8) is 0 Å². The molecule has 2 unspecified atom stereocenters. The number of amides is 1. The second kappa shape index (κ2) is 17.9. The Morgan fingerprint density at radius 2 is 1.48 bits per heavy atom. The smallest absolute Gasteiger partial charge is 0.308 e. The normalized spacial score (nSPS) is 27.0. The Kier molecular flexibility index (Phi) is 12.5. The third-order valence-electron chi connectivity index (χ3n) is 14.1. The Balaban J connectivity index is 0.944. The van der Waals surface area contributed by atoms with Crippen LogP contribution in [0.4, 0.5) is 0 Å². The van der Waals surface area contributed by atoms with E-state index in [0.717, 1.165) is 89.6 Å². The molecule has 56 heavy (non-hydrogen) atoms. The van der Waals surface area contributed by atoms with Crippen LogP contribution in [0.15, 0.2) is 72.8 Å². The second-order valence-electron chi connectivity index (χ2n) is 17.8. The van der Waals surface area contributed by atoms with Gasteiger partial charge < -0.3 is 19.5 Å². The molecule has 1 amide bonds. The van der Waals surface area contributed by atoms with E-state index in [0.29, 0.717) is 30.0 Å². The lowest BCUT2D eigenvalue weighted by Crippen LogP contribution is -2.69. The van der Waals surface area contributed by atoms with Crippen molar-refractivity contribution in [3.8, 4) is 11.5 Å². The van der Waals surface area contributed by atoms with Gasteiger partial charge in [0, 0.05) is 49.4 Å². The maximum Gasteiger partial charge on any atom is 0.308 e. The number of benzene rings is 3. The van der Waals surface area contributed by atoms with Gasteiger partial charge >= 0.3 is 5.97 Å². The van der Waals surface area contributed by atoms with Crippen LogP contribution >= 0.6 is 0 Å². The van der Waals surface area contributed by atoms with Crippen LogP contribution < -0.4 is 9.47 Å². The molecule has 1 saturated heterocycles. The van der Waals surface area contributed by atoms with Crippen molar-refractivity contribution in [1.82, 2.24) is 9.80 Å². The minimum absolute atomic E-state index is 0.0210. The predicted molar refractivity (Wildman–Crippen MR) is 221 cm³/mol. The predicted octanol–water partition coefficient (Wildman–Crippen LogP) is 9.01. The van der Waals surface area contributed by atoms with Crippen LogP contribution in [0.5, 0.6) is 11.5 Å². The molecule has 3 aliphatic carbocycles. The summed E-state index contributed by atoms with van der Waals surface area (Å²) in [5.74, 6) is 2.00. The van der Waals surface area contributed by atoms with Crippen molar-refractivity contribution in [3.05, 3.63) is 95.1 Å². The van der Waals surface area contributed by atoms with Crippen molar-refractivity contribution >= 4 is 11.9 Å². The van der Waals surface area contributed by atoms with Gasteiger partial charge in [-0.3, -0.25) is 14.5 Å². The molecular formula is C49H64N2O5. The Bertz CT molecular complexity index is 1780. The van der Waals surface area contributed by atoms with Crippen LogP contribution in [-0.2, 0) is 34.3 Å². The Hall–Kier alpha value is -3.68. The summed E-state index contributed by atoms with van der Waals surface area (Å²) in [5, 5.41) is 10.3. The number of likely N-dealkylation sites (tertiary alicyclic amines) is 1. The van der Waals surface area contributed by atoms with Gasteiger partial charge in [-0.15, -0.1) is 0 Å². The zero-order valence-electron chi connectivity index (χ0n) is 33.7. The van der Waals surface area contributed by atoms with Gasteiger partial charge in [0.1, 0.15) is 6.10 Å². The van der Waals surface area contributed by atoms with Gasteiger partial charge in [0.2, 0.25) is 5.91 Å². The van der Waals surface area contributed by atoms with Gasteiger partial charge in [0.05, 0.1) is 12.1 Å². The Morgan fingerprint density at radius 3 is 2.14 bits per heavy atom. The third kappa shape index (κ3) is 8.45. The van der Waals surface area contributed by atoms with E-state index in [2.05, 4.69) is 76.5 Å². The molecule has 7 nitrogen and oxygen atoms in total. The number of carbonyl (C=O) groups is 2. The van der Waals surface area contributed by atoms with Gasteiger partial charge in [-0.2, -0.15) is 0 Å². The molecule has 7 atom stereocenters. The van der Waals surface area contributed by atoms with E-state index in [1.165, 1.54) is 74.1 Å². The SMILES string of the molecule is CC(=O)Oc1ccc2c3c1O[C@H]1[C@H](N(CCCCc4ccccc4)C(=O)CCCCCCCCCCc4ccccc4)CC[C@H]4[C@@H](C2)N(CC2CC2O)CC[C@@]341. The quantitative estimate of drug-likeness (QED) is 0.0704. The first-order valence-electron chi connectivity index (χ1n) is 22.2. The van der Waals surface area contributed by atoms with Crippen LogP contribution in [0.1, 0.15) is 125 Å². The van der Waals surface area contributed by atoms with Gasteiger partial charge in [0.25, 0.3) is 0 Å². The van der Waals surface area contributed by atoms with E-state index in [4.69, 9.17) is 9.47 Å². The van der Waals surface area contributed by atoms with Gasteiger partial charge in [-0.1, -0.05) is 105 Å². The fraction of sp³-hybridized carbons (Fsp3) is 0.592. The second-order valence-corrected chi connectivity index (χ2v) is 17.8. The summed E-state index contributed by atoms with van der Waals surface area (Å²) in [6.45, 7) is 4.13. The van der Waals surface area contributed by atoms with Gasteiger partial charge in [-0.05, 0) is 106 Å². The monoisotopic (exact) mass is 760 g/mol. The number of ether oxygens (including phenoxy) is 2. The number of esters is 1. The summed E-state index contributed by atoms with van der Waals surface area (Å²) < 4.78 is 13.0. The minimum Gasteiger partial charge on any atom is -0.483 e. The summed E-state index contributed by atoms with van der Waals surface area (Å²) in [5.41, 5.74) is 5.14. The number of aliphatic hydroxyl groups is 1. The van der Waals surface area contributed by atoms with E-state index in [-0.39, 0.29) is 35.5 Å². The average Bonchev–Trinajstić information content (AvgIpc) is 3.79. The molecular weight excluding hydrogens is 697 g/mol. The van der Waals surface area contributed by atoms with Crippen molar-refractivity contribution < 1.29 is 24.2 Å². The number of hydrogen-bond donors (Lipinski definition) is 1. The number of hydrogen-bond acceptors (Lipinski definition) is 6. The molecule has 1 spiro atoms. The number of unbranched alkanes of at least 4 members (excludes halogenated alkanes) is 8. The van der Waals surface area contributed by atoms with Crippen molar-refractivity contribution in [2.24, 2.45) is 11.8 Å². The molecule has 2 saturated carbocycles. The molecule has 3 aromatic carbocycles. The highest BCUT2D eigenvalue weighted by Gasteiger charge is 2.67. The molecule has 3 fully saturated rings. The van der Waals surface area contributed by atoms with Gasteiger partial charge in [-0.25, -0.2) is 0 Å². The molecule has 2 aliphatic heterocycles. The highest BCUT2D eigenvalue weighted by atomic mass is 16.6. The fourth-order valence-corrected chi connectivity index (χ4v) is 11.3. The maximum absolute atomic E-state index is 14.5. The fourth-order valence-electron chi connectivity index (χ4n) is 11.3. The zero-order valence-corrected chi connectivity index (χ0v) is 33.7. The van der Waals surface area contributed by atoms with E-state index in [1.807, 2.05) is 6.07 Å². The van der Waals surface area contributed by atoms with E-state index < -0.39 is 0 Å². The first-order chi connectivity index (χ1) is 27.4. The highest BCUT2D eigenvalue weighted by Crippen LogP contribution is 2.64. The third-order valence-corrected chi connectivity index (χ3v) is 14.1. The number of carbonyl (C=O) groups excluding carboxylic acids is 2.